The SMILES string of the molecule is NC(=S)c1ccnnc1Nc1cccc(C(F)(F)F)c1. The third-order valence-electron chi connectivity index (χ3n) is 2.44. The van der Waals surface area contributed by atoms with Crippen molar-refractivity contribution in [2.75, 3.05) is 5.32 Å². The molecule has 3 N–H and O–H groups in total. The Kier molecular flexibility index (Phi) is 3.84. The molecule has 8 heteroatoms. The summed E-state index contributed by atoms with van der Waals surface area (Å²) < 4.78 is 37.9. The Morgan fingerprint density at radius 3 is 2.65 bits per heavy atom. The van der Waals surface area contributed by atoms with Crippen LogP contribution in [0.5, 0.6) is 0 Å². The van der Waals surface area contributed by atoms with Gasteiger partial charge in [0, 0.05) is 5.69 Å². The molecule has 0 aliphatic carbocycles. The van der Waals surface area contributed by atoms with Crippen LogP contribution in [0.2, 0.25) is 0 Å². The van der Waals surface area contributed by atoms with Crippen LogP contribution in [-0.2, 0) is 6.18 Å². The Balaban J connectivity index is 2.34. The highest BCUT2D eigenvalue weighted by molar-refractivity contribution is 7.80. The lowest BCUT2D eigenvalue weighted by molar-refractivity contribution is -0.137. The molecule has 1 aromatic carbocycles. The molecule has 2 rings (SSSR count). The van der Waals surface area contributed by atoms with E-state index < -0.39 is 11.7 Å². The zero-order valence-corrected chi connectivity index (χ0v) is 10.8. The average molecular weight is 298 g/mol. The number of rotatable bonds is 3. The molecule has 0 saturated heterocycles. The second-order valence-electron chi connectivity index (χ2n) is 3.86. The molecule has 0 bridgehead atoms. The monoisotopic (exact) mass is 298 g/mol. The third kappa shape index (κ3) is 3.21. The number of benzene rings is 1. The highest BCUT2D eigenvalue weighted by Gasteiger charge is 2.30. The summed E-state index contributed by atoms with van der Waals surface area (Å²) in [7, 11) is 0. The first-order valence-corrected chi connectivity index (χ1v) is 5.84. The number of nitrogens with one attached hydrogen (secondary N) is 1. The van der Waals surface area contributed by atoms with Gasteiger partial charge in [-0.05, 0) is 24.3 Å². The first kappa shape index (κ1) is 14.2. The van der Waals surface area contributed by atoms with Gasteiger partial charge in [0.2, 0.25) is 0 Å². The Bertz CT molecular complexity index is 643. The van der Waals surface area contributed by atoms with E-state index in [1.807, 2.05) is 0 Å². The Morgan fingerprint density at radius 2 is 2.00 bits per heavy atom. The fourth-order valence-corrected chi connectivity index (χ4v) is 1.70. The van der Waals surface area contributed by atoms with Gasteiger partial charge in [-0.3, -0.25) is 0 Å². The lowest BCUT2D eigenvalue weighted by Gasteiger charge is -2.11. The number of anilines is 2. The minimum atomic E-state index is -4.41. The highest BCUT2D eigenvalue weighted by atomic mass is 32.1. The highest BCUT2D eigenvalue weighted by Crippen LogP contribution is 2.31. The quantitative estimate of drug-likeness (QED) is 0.853. The van der Waals surface area contributed by atoms with E-state index in [1.54, 1.807) is 0 Å². The number of hydrogen-bond acceptors (Lipinski definition) is 4. The summed E-state index contributed by atoms with van der Waals surface area (Å²) in [5.41, 5.74) is 5.38. The number of hydrogen-bond donors (Lipinski definition) is 2. The number of halogens is 3. The van der Waals surface area contributed by atoms with Crippen LogP contribution in [0.1, 0.15) is 11.1 Å². The van der Waals surface area contributed by atoms with E-state index in [-0.39, 0.29) is 16.5 Å². The molecule has 0 aliphatic rings. The summed E-state index contributed by atoms with van der Waals surface area (Å²) in [5, 5.41) is 10.1. The second kappa shape index (κ2) is 5.41. The maximum absolute atomic E-state index is 12.6. The van der Waals surface area contributed by atoms with Crippen LogP contribution in [0, 0.1) is 0 Å². The number of nitrogens with two attached hydrogens (primary N) is 1. The van der Waals surface area contributed by atoms with E-state index in [4.69, 9.17) is 18.0 Å². The van der Waals surface area contributed by atoms with E-state index in [0.29, 0.717) is 5.56 Å². The zero-order valence-electron chi connectivity index (χ0n) is 9.98. The van der Waals surface area contributed by atoms with E-state index in [0.717, 1.165) is 12.1 Å². The molecule has 0 saturated carbocycles. The van der Waals surface area contributed by atoms with E-state index >= 15 is 0 Å². The molecular weight excluding hydrogens is 289 g/mol. The molecule has 2 aromatic rings. The Hall–Kier alpha value is -2.22. The summed E-state index contributed by atoms with van der Waals surface area (Å²) >= 11 is 4.84. The Morgan fingerprint density at radius 1 is 1.25 bits per heavy atom. The maximum atomic E-state index is 12.6. The van der Waals surface area contributed by atoms with Gasteiger partial charge in [0.05, 0.1) is 17.3 Å². The van der Waals surface area contributed by atoms with Crippen molar-refractivity contribution in [1.82, 2.24) is 10.2 Å². The van der Waals surface area contributed by atoms with Crippen LogP contribution in [0.15, 0.2) is 36.5 Å². The fraction of sp³-hybridized carbons (Fsp3) is 0.0833. The molecule has 0 atom stereocenters. The topological polar surface area (TPSA) is 63.8 Å². The Labute approximate surface area is 117 Å². The number of aromatic nitrogens is 2. The molecule has 1 aromatic heterocycles. The van der Waals surface area contributed by atoms with Crippen LogP contribution in [0.25, 0.3) is 0 Å². The fourth-order valence-electron chi connectivity index (χ4n) is 1.53. The predicted molar refractivity (Wildman–Crippen MR) is 72.6 cm³/mol. The largest absolute Gasteiger partial charge is 0.416 e. The molecule has 1 heterocycles. The summed E-state index contributed by atoms with van der Waals surface area (Å²) in [6, 6.07) is 6.26. The average Bonchev–Trinajstić information content (AvgIpc) is 2.38. The summed E-state index contributed by atoms with van der Waals surface area (Å²) in [6.07, 6.45) is -3.02. The molecule has 0 spiro atoms. The number of nitrogens with zero attached hydrogens (tertiary/aromatic N) is 2. The second-order valence-corrected chi connectivity index (χ2v) is 4.30. The van der Waals surface area contributed by atoms with E-state index in [9.17, 15) is 13.2 Å². The number of alkyl halides is 3. The van der Waals surface area contributed by atoms with Gasteiger partial charge in [-0.15, -0.1) is 5.10 Å². The van der Waals surface area contributed by atoms with Crippen molar-refractivity contribution in [3.8, 4) is 0 Å². The first-order valence-electron chi connectivity index (χ1n) is 5.43. The van der Waals surface area contributed by atoms with Crippen molar-refractivity contribution in [2.45, 2.75) is 6.18 Å². The zero-order chi connectivity index (χ0) is 14.8. The van der Waals surface area contributed by atoms with Crippen molar-refractivity contribution < 1.29 is 13.2 Å². The van der Waals surface area contributed by atoms with Crippen LogP contribution < -0.4 is 11.1 Å². The minimum absolute atomic E-state index is 0.0781. The molecular formula is C12H9F3N4S. The molecule has 104 valence electrons. The lowest BCUT2D eigenvalue weighted by atomic mass is 10.2. The molecule has 0 unspecified atom stereocenters. The third-order valence-corrected chi connectivity index (χ3v) is 2.66. The molecule has 0 radical (unpaired) electrons. The first-order chi connectivity index (χ1) is 9.38. The van der Waals surface area contributed by atoms with Crippen molar-refractivity contribution in [2.24, 2.45) is 5.73 Å². The van der Waals surface area contributed by atoms with Gasteiger partial charge >= 0.3 is 6.18 Å². The van der Waals surface area contributed by atoms with Crippen LogP contribution >= 0.6 is 12.2 Å². The standard InChI is InChI=1S/C12H9F3N4S/c13-12(14,15)7-2-1-3-8(6-7)18-11-9(10(16)20)4-5-17-19-11/h1-6H,(H2,16,20)(H,18,19). The van der Waals surface area contributed by atoms with Gasteiger partial charge in [-0.1, -0.05) is 18.3 Å². The van der Waals surface area contributed by atoms with Crippen LogP contribution in [0.3, 0.4) is 0 Å². The minimum Gasteiger partial charge on any atom is -0.389 e. The van der Waals surface area contributed by atoms with Crippen LogP contribution in [-0.4, -0.2) is 15.2 Å². The van der Waals surface area contributed by atoms with Gasteiger partial charge in [-0.2, -0.15) is 18.3 Å². The van der Waals surface area contributed by atoms with Crippen LogP contribution in [0.4, 0.5) is 24.7 Å². The van der Waals surface area contributed by atoms with Gasteiger partial charge in [0.25, 0.3) is 0 Å². The van der Waals surface area contributed by atoms with Gasteiger partial charge in [0.15, 0.2) is 5.82 Å². The van der Waals surface area contributed by atoms with Gasteiger partial charge in [0.1, 0.15) is 4.99 Å². The predicted octanol–water partition coefficient (Wildman–Crippen LogP) is 2.87. The van der Waals surface area contributed by atoms with Gasteiger partial charge in [-0.25, -0.2) is 0 Å². The van der Waals surface area contributed by atoms with Crippen molar-refractivity contribution in [1.29, 1.82) is 0 Å². The summed E-state index contributed by atoms with van der Waals surface area (Å²) in [4.78, 5) is 0.0781. The summed E-state index contributed by atoms with van der Waals surface area (Å²) in [5.74, 6) is 0.208. The van der Waals surface area contributed by atoms with Crippen molar-refractivity contribution >= 4 is 28.7 Å². The molecule has 0 aliphatic heterocycles. The maximum Gasteiger partial charge on any atom is 0.416 e. The molecule has 0 amide bonds. The summed E-state index contributed by atoms with van der Waals surface area (Å²) in [6.45, 7) is 0. The van der Waals surface area contributed by atoms with E-state index in [1.165, 1.54) is 24.4 Å². The molecule has 4 nitrogen and oxygen atoms in total. The number of thiocarbonyl (C=S) groups is 1. The molecule has 0 fully saturated rings. The molecule has 20 heavy (non-hydrogen) atoms. The van der Waals surface area contributed by atoms with Crippen molar-refractivity contribution in [3.63, 3.8) is 0 Å². The van der Waals surface area contributed by atoms with E-state index in [2.05, 4.69) is 15.5 Å². The normalized spacial score (nSPS) is 11.2. The van der Waals surface area contributed by atoms with Crippen molar-refractivity contribution in [3.05, 3.63) is 47.7 Å². The van der Waals surface area contributed by atoms with Gasteiger partial charge < -0.3 is 11.1 Å². The lowest BCUT2D eigenvalue weighted by Crippen LogP contribution is -2.13. The smallest absolute Gasteiger partial charge is 0.389 e.